The van der Waals surface area contributed by atoms with Gasteiger partial charge in [0.05, 0.1) is 5.02 Å². The van der Waals surface area contributed by atoms with Crippen LogP contribution in [0.3, 0.4) is 0 Å². The van der Waals surface area contributed by atoms with Crippen molar-refractivity contribution in [1.29, 1.82) is 0 Å². The van der Waals surface area contributed by atoms with Crippen molar-refractivity contribution in [2.24, 2.45) is 5.73 Å². The maximum atomic E-state index is 5.78. The predicted octanol–water partition coefficient (Wildman–Crippen LogP) is 3.15. The molecule has 66 valence electrons. The van der Waals surface area contributed by atoms with Gasteiger partial charge in [-0.05, 0) is 18.6 Å². The van der Waals surface area contributed by atoms with E-state index in [2.05, 4.69) is 13.0 Å². The van der Waals surface area contributed by atoms with Crippen LogP contribution in [0.25, 0.3) is 6.08 Å². The summed E-state index contributed by atoms with van der Waals surface area (Å²) in [6.45, 7) is 2.74. The molecule has 0 aliphatic carbocycles. The third-order valence-corrected chi connectivity index (χ3v) is 2.88. The fraction of sp³-hybridized carbons (Fsp3) is 0.333. The molecule has 0 aliphatic rings. The molecule has 2 N–H and O–H groups in total. The summed E-state index contributed by atoms with van der Waals surface area (Å²) in [5.74, 6) is 0. The molecule has 0 saturated carbocycles. The Labute approximate surface area is 81.9 Å². The van der Waals surface area contributed by atoms with Crippen LogP contribution >= 0.6 is 22.9 Å². The van der Waals surface area contributed by atoms with Crippen LogP contribution in [0.4, 0.5) is 0 Å². The number of hydrogen-bond donors (Lipinski definition) is 1. The van der Waals surface area contributed by atoms with E-state index >= 15 is 0 Å². The molecule has 0 unspecified atom stereocenters. The molecule has 0 atom stereocenters. The maximum Gasteiger partial charge on any atom is 0.0519 e. The highest BCUT2D eigenvalue weighted by Gasteiger charge is 1.95. The molecular weight excluding hydrogens is 190 g/mol. The maximum absolute atomic E-state index is 5.78. The number of nitrogens with two attached hydrogens (primary N) is 1. The van der Waals surface area contributed by atoms with Crippen molar-refractivity contribution in [2.45, 2.75) is 13.3 Å². The zero-order valence-corrected chi connectivity index (χ0v) is 8.58. The van der Waals surface area contributed by atoms with Crippen LogP contribution < -0.4 is 5.73 Å². The lowest BCUT2D eigenvalue weighted by molar-refractivity contribution is 1.02. The standard InChI is InChI=1S/C9H12ClNS/c1-2-7(5-11)3-9-4-8(10)6-12-9/h3-4,6H,2,5,11H2,1H3/b7-3+. The first kappa shape index (κ1) is 9.78. The monoisotopic (exact) mass is 201 g/mol. The highest BCUT2D eigenvalue weighted by atomic mass is 35.5. The van der Waals surface area contributed by atoms with Gasteiger partial charge >= 0.3 is 0 Å². The third-order valence-electron chi connectivity index (χ3n) is 1.65. The Bertz CT molecular complexity index is 272. The van der Waals surface area contributed by atoms with E-state index in [-0.39, 0.29) is 0 Å². The molecule has 0 spiro atoms. The Hall–Kier alpha value is -0.310. The quantitative estimate of drug-likeness (QED) is 0.799. The molecule has 1 nitrogen and oxygen atoms in total. The van der Waals surface area contributed by atoms with Crippen LogP contribution in [0.1, 0.15) is 18.2 Å². The summed E-state index contributed by atoms with van der Waals surface area (Å²) in [6.07, 6.45) is 3.11. The number of rotatable bonds is 3. The fourth-order valence-corrected chi connectivity index (χ4v) is 1.97. The summed E-state index contributed by atoms with van der Waals surface area (Å²) in [6, 6.07) is 1.96. The summed E-state index contributed by atoms with van der Waals surface area (Å²) in [4.78, 5) is 1.18. The van der Waals surface area contributed by atoms with Gasteiger partial charge in [-0.15, -0.1) is 11.3 Å². The summed E-state index contributed by atoms with van der Waals surface area (Å²) < 4.78 is 0. The second-order valence-electron chi connectivity index (χ2n) is 2.53. The van der Waals surface area contributed by atoms with Gasteiger partial charge in [-0.1, -0.05) is 24.1 Å². The van der Waals surface area contributed by atoms with Crippen molar-refractivity contribution in [3.63, 3.8) is 0 Å². The zero-order valence-electron chi connectivity index (χ0n) is 7.01. The van der Waals surface area contributed by atoms with Gasteiger partial charge in [0, 0.05) is 16.8 Å². The molecule has 0 fully saturated rings. The SMILES string of the molecule is CC/C(=C\c1cc(Cl)cs1)CN. The Kier molecular flexibility index (Phi) is 3.79. The van der Waals surface area contributed by atoms with Crippen molar-refractivity contribution in [3.8, 4) is 0 Å². The largest absolute Gasteiger partial charge is 0.327 e. The molecular formula is C9H12ClNS. The zero-order chi connectivity index (χ0) is 8.97. The topological polar surface area (TPSA) is 26.0 Å². The third kappa shape index (κ3) is 2.63. The van der Waals surface area contributed by atoms with Crippen molar-refractivity contribution >= 4 is 29.0 Å². The van der Waals surface area contributed by atoms with Gasteiger partial charge in [0.25, 0.3) is 0 Å². The molecule has 1 rings (SSSR count). The molecule has 0 bridgehead atoms. The van der Waals surface area contributed by atoms with Crippen LogP contribution in [0.15, 0.2) is 17.0 Å². The second-order valence-corrected chi connectivity index (χ2v) is 3.91. The molecule has 0 aromatic carbocycles. The van der Waals surface area contributed by atoms with E-state index in [9.17, 15) is 0 Å². The van der Waals surface area contributed by atoms with E-state index in [0.717, 1.165) is 11.4 Å². The van der Waals surface area contributed by atoms with Gasteiger partial charge in [-0.25, -0.2) is 0 Å². The van der Waals surface area contributed by atoms with Crippen LogP contribution in [-0.2, 0) is 0 Å². The van der Waals surface area contributed by atoms with Gasteiger partial charge in [0.1, 0.15) is 0 Å². The van der Waals surface area contributed by atoms with Crippen LogP contribution in [0.2, 0.25) is 5.02 Å². The normalized spacial score (nSPS) is 12.1. The van der Waals surface area contributed by atoms with E-state index in [1.165, 1.54) is 10.5 Å². The Morgan fingerprint density at radius 2 is 2.50 bits per heavy atom. The number of hydrogen-bond acceptors (Lipinski definition) is 2. The van der Waals surface area contributed by atoms with E-state index in [4.69, 9.17) is 17.3 Å². The first-order valence-electron chi connectivity index (χ1n) is 3.89. The molecule has 1 aromatic rings. The van der Waals surface area contributed by atoms with E-state index in [1.807, 2.05) is 11.4 Å². The van der Waals surface area contributed by atoms with E-state index < -0.39 is 0 Å². The molecule has 12 heavy (non-hydrogen) atoms. The van der Waals surface area contributed by atoms with Crippen molar-refractivity contribution in [2.75, 3.05) is 6.54 Å². The van der Waals surface area contributed by atoms with Gasteiger partial charge < -0.3 is 5.73 Å². The Morgan fingerprint density at radius 1 is 1.75 bits per heavy atom. The summed E-state index contributed by atoms with van der Waals surface area (Å²) in [5.41, 5.74) is 6.80. The first-order chi connectivity index (χ1) is 5.76. The highest BCUT2D eigenvalue weighted by Crippen LogP contribution is 2.21. The van der Waals surface area contributed by atoms with E-state index in [0.29, 0.717) is 6.54 Å². The van der Waals surface area contributed by atoms with Crippen molar-refractivity contribution in [3.05, 3.63) is 26.9 Å². The summed E-state index contributed by atoms with van der Waals surface area (Å²) in [5, 5.41) is 2.73. The van der Waals surface area contributed by atoms with Gasteiger partial charge in [-0.3, -0.25) is 0 Å². The van der Waals surface area contributed by atoms with Gasteiger partial charge in [0.2, 0.25) is 0 Å². The summed E-state index contributed by atoms with van der Waals surface area (Å²) >= 11 is 7.42. The Morgan fingerprint density at radius 3 is 2.92 bits per heavy atom. The number of thiophene rings is 1. The lowest BCUT2D eigenvalue weighted by atomic mass is 10.2. The van der Waals surface area contributed by atoms with Crippen LogP contribution in [-0.4, -0.2) is 6.54 Å². The van der Waals surface area contributed by atoms with Gasteiger partial charge in [-0.2, -0.15) is 0 Å². The molecule has 0 saturated heterocycles. The molecule has 0 radical (unpaired) electrons. The van der Waals surface area contributed by atoms with Crippen molar-refractivity contribution in [1.82, 2.24) is 0 Å². The van der Waals surface area contributed by atoms with E-state index in [1.54, 1.807) is 11.3 Å². The van der Waals surface area contributed by atoms with Crippen molar-refractivity contribution < 1.29 is 0 Å². The number of halogens is 1. The fourth-order valence-electron chi connectivity index (χ4n) is 0.910. The van der Waals surface area contributed by atoms with Crippen LogP contribution in [0.5, 0.6) is 0 Å². The van der Waals surface area contributed by atoms with Crippen LogP contribution in [0, 0.1) is 0 Å². The first-order valence-corrected chi connectivity index (χ1v) is 5.15. The molecule has 1 aromatic heterocycles. The Balaban J connectivity index is 2.78. The van der Waals surface area contributed by atoms with Gasteiger partial charge in [0.15, 0.2) is 0 Å². The molecule has 0 amide bonds. The lowest BCUT2D eigenvalue weighted by Gasteiger charge is -1.96. The predicted molar refractivity (Wildman–Crippen MR) is 56.7 cm³/mol. The summed E-state index contributed by atoms with van der Waals surface area (Å²) in [7, 11) is 0. The molecule has 1 heterocycles. The average Bonchev–Trinajstić information content (AvgIpc) is 2.47. The minimum atomic E-state index is 0.631. The minimum absolute atomic E-state index is 0.631. The highest BCUT2D eigenvalue weighted by molar-refractivity contribution is 7.11. The second kappa shape index (κ2) is 4.65. The lowest BCUT2D eigenvalue weighted by Crippen LogP contribution is -2.01. The molecule has 0 aliphatic heterocycles. The molecule has 3 heteroatoms. The average molecular weight is 202 g/mol. The minimum Gasteiger partial charge on any atom is -0.327 e. The smallest absolute Gasteiger partial charge is 0.0519 e.